The average molecular weight is 398 g/mol. The summed E-state index contributed by atoms with van der Waals surface area (Å²) in [6.45, 7) is 3.51. The number of thiophene rings is 1. The zero-order valence-electron chi connectivity index (χ0n) is 14.7. The second-order valence-electron chi connectivity index (χ2n) is 6.43. The number of alkyl halides is 3. The number of piperazine rings is 1. The number of amides is 1. The molecule has 4 nitrogen and oxygen atoms in total. The maximum atomic E-state index is 12.3. The number of benzene rings is 1. The van der Waals surface area contributed by atoms with Crippen LogP contribution >= 0.6 is 11.3 Å². The molecule has 1 aromatic carbocycles. The summed E-state index contributed by atoms with van der Waals surface area (Å²) in [5.41, 5.74) is 0.919. The molecule has 0 unspecified atom stereocenters. The van der Waals surface area contributed by atoms with Crippen molar-refractivity contribution in [2.75, 3.05) is 26.2 Å². The molecule has 2 heterocycles. The first-order chi connectivity index (χ1) is 12.9. The maximum absolute atomic E-state index is 12.3. The Balaban J connectivity index is 1.42. The summed E-state index contributed by atoms with van der Waals surface area (Å²) in [5, 5.41) is 2.01. The summed E-state index contributed by atoms with van der Waals surface area (Å²) in [6.07, 6.45) is -3.36. The lowest BCUT2D eigenvalue weighted by Gasteiger charge is -2.34. The first kappa shape index (κ1) is 19.7. The second-order valence-corrected chi connectivity index (χ2v) is 7.46. The van der Waals surface area contributed by atoms with E-state index in [9.17, 15) is 18.0 Å². The molecule has 0 atom stereocenters. The standard InChI is InChI=1S/C19H21F3N2O2S/c20-19(21,22)26-16-5-3-15(4-6-16)14-23-9-11-24(12-10-23)18(25)8-7-17-2-1-13-27-17/h1-6,13H,7-12,14H2. The van der Waals surface area contributed by atoms with Crippen LogP contribution in [0.5, 0.6) is 5.75 Å². The lowest BCUT2D eigenvalue weighted by Crippen LogP contribution is -2.48. The third-order valence-corrected chi connectivity index (χ3v) is 5.39. The van der Waals surface area contributed by atoms with Crippen LogP contribution in [0.1, 0.15) is 16.9 Å². The Bertz CT molecular complexity index is 724. The molecular formula is C19H21F3N2O2S. The monoisotopic (exact) mass is 398 g/mol. The molecular weight excluding hydrogens is 377 g/mol. The third kappa shape index (κ3) is 6.25. The van der Waals surface area contributed by atoms with Gasteiger partial charge in [0.1, 0.15) is 5.75 Å². The van der Waals surface area contributed by atoms with Crippen molar-refractivity contribution in [1.82, 2.24) is 9.80 Å². The molecule has 0 spiro atoms. The molecule has 0 bridgehead atoms. The molecule has 3 rings (SSSR count). The lowest BCUT2D eigenvalue weighted by molar-refractivity contribution is -0.274. The molecule has 1 fully saturated rings. The topological polar surface area (TPSA) is 32.8 Å². The number of ether oxygens (including phenoxy) is 1. The van der Waals surface area contributed by atoms with Crippen LogP contribution in [0.3, 0.4) is 0 Å². The van der Waals surface area contributed by atoms with Crippen molar-refractivity contribution in [3.8, 4) is 5.75 Å². The highest BCUT2D eigenvalue weighted by Crippen LogP contribution is 2.23. The molecule has 2 aromatic rings. The van der Waals surface area contributed by atoms with E-state index >= 15 is 0 Å². The summed E-state index contributed by atoms with van der Waals surface area (Å²) < 4.78 is 40.4. The van der Waals surface area contributed by atoms with E-state index in [1.807, 2.05) is 22.4 Å². The van der Waals surface area contributed by atoms with Crippen molar-refractivity contribution in [3.05, 3.63) is 52.2 Å². The fourth-order valence-corrected chi connectivity index (χ4v) is 3.76. The van der Waals surface area contributed by atoms with Crippen LogP contribution in [0.15, 0.2) is 41.8 Å². The van der Waals surface area contributed by atoms with E-state index in [2.05, 4.69) is 9.64 Å². The largest absolute Gasteiger partial charge is 0.573 e. The van der Waals surface area contributed by atoms with Gasteiger partial charge in [0.15, 0.2) is 0 Å². The van der Waals surface area contributed by atoms with Crippen LogP contribution in [0.4, 0.5) is 13.2 Å². The summed E-state index contributed by atoms with van der Waals surface area (Å²) in [6, 6.07) is 9.96. The summed E-state index contributed by atoms with van der Waals surface area (Å²) >= 11 is 1.67. The van der Waals surface area contributed by atoms with E-state index in [0.717, 1.165) is 25.1 Å². The maximum Gasteiger partial charge on any atom is 0.573 e. The highest BCUT2D eigenvalue weighted by Gasteiger charge is 2.31. The van der Waals surface area contributed by atoms with Gasteiger partial charge in [-0.3, -0.25) is 9.69 Å². The number of nitrogens with zero attached hydrogens (tertiary/aromatic N) is 2. The van der Waals surface area contributed by atoms with Gasteiger partial charge in [-0.25, -0.2) is 0 Å². The molecule has 0 N–H and O–H groups in total. The molecule has 1 aliphatic heterocycles. The van der Waals surface area contributed by atoms with Crippen LogP contribution in [-0.2, 0) is 17.8 Å². The minimum absolute atomic E-state index is 0.178. The molecule has 1 aliphatic rings. The highest BCUT2D eigenvalue weighted by molar-refractivity contribution is 7.09. The van der Waals surface area contributed by atoms with Crippen molar-refractivity contribution >= 4 is 17.2 Å². The smallest absolute Gasteiger partial charge is 0.406 e. The highest BCUT2D eigenvalue weighted by atomic mass is 32.1. The van der Waals surface area contributed by atoms with E-state index in [-0.39, 0.29) is 11.7 Å². The van der Waals surface area contributed by atoms with E-state index in [0.29, 0.717) is 26.1 Å². The molecule has 146 valence electrons. The van der Waals surface area contributed by atoms with Gasteiger partial charge in [-0.05, 0) is 35.6 Å². The number of carbonyl (C=O) groups is 1. The summed E-state index contributed by atoms with van der Waals surface area (Å²) in [5.74, 6) is -0.0379. The van der Waals surface area contributed by atoms with Crippen molar-refractivity contribution in [2.45, 2.75) is 25.7 Å². The van der Waals surface area contributed by atoms with Gasteiger partial charge in [-0.15, -0.1) is 24.5 Å². The Hall–Kier alpha value is -2.06. The number of halogens is 3. The number of aryl methyl sites for hydroxylation is 1. The first-order valence-electron chi connectivity index (χ1n) is 8.76. The van der Waals surface area contributed by atoms with E-state index in [1.165, 1.54) is 17.0 Å². The van der Waals surface area contributed by atoms with Gasteiger partial charge in [0, 0.05) is 44.0 Å². The molecule has 0 saturated carbocycles. The normalized spacial score (nSPS) is 15.7. The number of rotatable bonds is 6. The molecule has 0 radical (unpaired) electrons. The molecule has 0 aliphatic carbocycles. The molecule has 8 heteroatoms. The van der Waals surface area contributed by atoms with Gasteiger partial charge in [0.25, 0.3) is 0 Å². The van der Waals surface area contributed by atoms with E-state index < -0.39 is 6.36 Å². The predicted molar refractivity (Wildman–Crippen MR) is 97.6 cm³/mol. The van der Waals surface area contributed by atoms with Gasteiger partial charge in [-0.2, -0.15) is 0 Å². The van der Waals surface area contributed by atoms with E-state index in [4.69, 9.17) is 0 Å². The molecule has 1 saturated heterocycles. The first-order valence-corrected chi connectivity index (χ1v) is 9.64. The SMILES string of the molecule is O=C(CCc1cccs1)N1CCN(Cc2ccc(OC(F)(F)F)cc2)CC1. The number of hydrogen-bond donors (Lipinski definition) is 0. The minimum atomic E-state index is -4.67. The van der Waals surface area contributed by atoms with Gasteiger partial charge in [0.2, 0.25) is 5.91 Å². The fourth-order valence-electron chi connectivity index (χ4n) is 3.05. The van der Waals surface area contributed by atoms with Crippen LogP contribution < -0.4 is 4.74 Å². The minimum Gasteiger partial charge on any atom is -0.406 e. The van der Waals surface area contributed by atoms with Gasteiger partial charge < -0.3 is 9.64 Å². The van der Waals surface area contributed by atoms with Gasteiger partial charge >= 0.3 is 6.36 Å². The number of hydrogen-bond acceptors (Lipinski definition) is 4. The lowest BCUT2D eigenvalue weighted by atomic mass is 10.1. The quantitative estimate of drug-likeness (QED) is 0.739. The molecule has 27 heavy (non-hydrogen) atoms. The van der Waals surface area contributed by atoms with Crippen LogP contribution in [0, 0.1) is 0 Å². The zero-order chi connectivity index (χ0) is 19.3. The average Bonchev–Trinajstić information content (AvgIpc) is 3.14. The zero-order valence-corrected chi connectivity index (χ0v) is 15.6. The van der Waals surface area contributed by atoms with Gasteiger partial charge in [0.05, 0.1) is 0 Å². The Kier molecular flexibility index (Phi) is 6.38. The molecule has 1 aromatic heterocycles. The van der Waals surface area contributed by atoms with Crippen LogP contribution in [0.25, 0.3) is 0 Å². The summed E-state index contributed by atoms with van der Waals surface area (Å²) in [4.78, 5) is 17.6. The Labute approximate surface area is 160 Å². The molecule has 1 amide bonds. The summed E-state index contributed by atoms with van der Waals surface area (Å²) in [7, 11) is 0. The number of carbonyl (C=O) groups excluding carboxylic acids is 1. The Morgan fingerprint density at radius 1 is 1.07 bits per heavy atom. The third-order valence-electron chi connectivity index (χ3n) is 4.45. The Morgan fingerprint density at radius 3 is 2.37 bits per heavy atom. The van der Waals surface area contributed by atoms with Crippen molar-refractivity contribution < 1.29 is 22.7 Å². The van der Waals surface area contributed by atoms with E-state index in [1.54, 1.807) is 23.5 Å². The van der Waals surface area contributed by atoms with Gasteiger partial charge in [-0.1, -0.05) is 18.2 Å². The Morgan fingerprint density at radius 2 is 1.78 bits per heavy atom. The second kappa shape index (κ2) is 8.75. The van der Waals surface area contributed by atoms with Crippen molar-refractivity contribution in [3.63, 3.8) is 0 Å². The fraction of sp³-hybridized carbons (Fsp3) is 0.421. The predicted octanol–water partition coefficient (Wildman–Crippen LogP) is 3.92. The van der Waals surface area contributed by atoms with Crippen LogP contribution in [0.2, 0.25) is 0 Å². The van der Waals surface area contributed by atoms with Crippen molar-refractivity contribution in [1.29, 1.82) is 0 Å². The van der Waals surface area contributed by atoms with Crippen molar-refractivity contribution in [2.24, 2.45) is 0 Å². The van der Waals surface area contributed by atoms with Crippen LogP contribution in [-0.4, -0.2) is 48.2 Å².